The Bertz CT molecular complexity index is 536. The molecule has 7 heteroatoms. The molecule has 2 N–H and O–H groups in total. The minimum absolute atomic E-state index is 0.173. The summed E-state index contributed by atoms with van der Waals surface area (Å²) < 4.78 is 10.9. The first-order chi connectivity index (χ1) is 12.1. The highest BCUT2D eigenvalue weighted by molar-refractivity contribution is 6.30. The maximum absolute atomic E-state index is 12.0. The summed E-state index contributed by atoms with van der Waals surface area (Å²) in [6.07, 6.45) is 0. The first-order valence-corrected chi connectivity index (χ1v) is 9.16. The average Bonchev–Trinajstić information content (AvgIpc) is 2.60. The van der Waals surface area contributed by atoms with E-state index in [4.69, 9.17) is 21.1 Å². The number of ether oxygens (including phenoxy) is 2. The second-order valence-corrected chi connectivity index (χ2v) is 6.84. The third-order valence-electron chi connectivity index (χ3n) is 4.21. The van der Waals surface area contributed by atoms with Crippen LogP contribution in [-0.2, 0) is 4.74 Å². The molecule has 2 rings (SSSR count). The minimum atomic E-state index is -0.173. The number of benzene rings is 1. The number of urea groups is 1. The number of hydrogen-bond donors (Lipinski definition) is 2. The van der Waals surface area contributed by atoms with Gasteiger partial charge in [0.1, 0.15) is 12.4 Å². The van der Waals surface area contributed by atoms with Crippen molar-refractivity contribution in [2.24, 2.45) is 5.92 Å². The van der Waals surface area contributed by atoms with Crippen LogP contribution in [0.1, 0.15) is 13.8 Å². The van der Waals surface area contributed by atoms with Gasteiger partial charge in [-0.25, -0.2) is 4.79 Å². The van der Waals surface area contributed by atoms with Crippen LogP contribution in [0.3, 0.4) is 0 Å². The van der Waals surface area contributed by atoms with Crippen molar-refractivity contribution >= 4 is 17.6 Å². The summed E-state index contributed by atoms with van der Waals surface area (Å²) in [7, 11) is 0. The van der Waals surface area contributed by atoms with E-state index in [0.29, 0.717) is 42.4 Å². The minimum Gasteiger partial charge on any atom is -0.492 e. The van der Waals surface area contributed by atoms with Gasteiger partial charge in [-0.2, -0.15) is 0 Å². The fraction of sp³-hybridized carbons (Fsp3) is 0.611. The molecular formula is C18H28ClN3O3. The normalized spacial score (nSPS) is 16.5. The van der Waals surface area contributed by atoms with Gasteiger partial charge >= 0.3 is 6.03 Å². The van der Waals surface area contributed by atoms with Crippen molar-refractivity contribution in [3.63, 3.8) is 0 Å². The van der Waals surface area contributed by atoms with Crippen LogP contribution in [0.4, 0.5) is 4.79 Å². The van der Waals surface area contributed by atoms with Crippen molar-refractivity contribution in [2.45, 2.75) is 19.9 Å². The van der Waals surface area contributed by atoms with E-state index in [9.17, 15) is 4.79 Å². The summed E-state index contributed by atoms with van der Waals surface area (Å²) >= 11 is 5.90. The molecule has 0 saturated carbocycles. The smallest absolute Gasteiger partial charge is 0.314 e. The van der Waals surface area contributed by atoms with E-state index in [2.05, 4.69) is 29.4 Å². The Kier molecular flexibility index (Phi) is 8.31. The lowest BCUT2D eigenvalue weighted by Crippen LogP contribution is -2.52. The zero-order valence-electron chi connectivity index (χ0n) is 15.0. The number of amides is 2. The van der Waals surface area contributed by atoms with Crippen molar-refractivity contribution in [2.75, 3.05) is 46.0 Å². The Hall–Kier alpha value is -1.50. The van der Waals surface area contributed by atoms with Gasteiger partial charge in [0, 0.05) is 30.7 Å². The molecule has 1 saturated heterocycles. The Morgan fingerprint density at radius 3 is 2.76 bits per heavy atom. The zero-order chi connectivity index (χ0) is 18.1. The Labute approximate surface area is 154 Å². The highest BCUT2D eigenvalue weighted by Crippen LogP contribution is 2.16. The van der Waals surface area contributed by atoms with Crippen molar-refractivity contribution in [3.8, 4) is 5.75 Å². The van der Waals surface area contributed by atoms with Gasteiger partial charge in [0.25, 0.3) is 0 Å². The molecule has 0 aromatic heterocycles. The molecule has 25 heavy (non-hydrogen) atoms. The number of halogens is 1. The van der Waals surface area contributed by atoms with E-state index in [1.54, 1.807) is 12.1 Å². The molecule has 0 aliphatic carbocycles. The van der Waals surface area contributed by atoms with E-state index in [0.717, 1.165) is 26.3 Å². The van der Waals surface area contributed by atoms with Gasteiger partial charge in [0.05, 0.1) is 19.8 Å². The highest BCUT2D eigenvalue weighted by Gasteiger charge is 2.24. The van der Waals surface area contributed by atoms with Gasteiger partial charge in [-0.1, -0.05) is 31.5 Å². The molecule has 1 aliphatic rings. The largest absolute Gasteiger partial charge is 0.492 e. The molecule has 2 amide bonds. The van der Waals surface area contributed by atoms with Crippen LogP contribution in [0.15, 0.2) is 24.3 Å². The number of rotatable bonds is 8. The lowest BCUT2D eigenvalue weighted by Gasteiger charge is -2.36. The van der Waals surface area contributed by atoms with Gasteiger partial charge < -0.3 is 20.1 Å². The van der Waals surface area contributed by atoms with Crippen LogP contribution in [-0.4, -0.2) is 63.0 Å². The van der Waals surface area contributed by atoms with Gasteiger partial charge in [-0.3, -0.25) is 4.90 Å². The van der Waals surface area contributed by atoms with Gasteiger partial charge in [0.15, 0.2) is 0 Å². The maximum Gasteiger partial charge on any atom is 0.314 e. The molecule has 0 spiro atoms. The lowest BCUT2D eigenvalue weighted by molar-refractivity contribution is 0.00719. The van der Waals surface area contributed by atoms with E-state index >= 15 is 0 Å². The highest BCUT2D eigenvalue weighted by atomic mass is 35.5. The molecule has 1 atom stereocenters. The maximum atomic E-state index is 12.0. The van der Waals surface area contributed by atoms with Gasteiger partial charge in [0.2, 0.25) is 0 Å². The monoisotopic (exact) mass is 369 g/mol. The predicted octanol–water partition coefficient (Wildman–Crippen LogP) is 2.37. The molecule has 0 bridgehead atoms. The molecule has 1 unspecified atom stereocenters. The van der Waals surface area contributed by atoms with Crippen LogP contribution >= 0.6 is 11.6 Å². The first-order valence-electron chi connectivity index (χ1n) is 8.78. The molecule has 6 nitrogen and oxygen atoms in total. The van der Waals surface area contributed by atoms with E-state index in [1.165, 1.54) is 0 Å². The molecule has 1 aromatic carbocycles. The second kappa shape index (κ2) is 10.5. The Morgan fingerprint density at radius 2 is 2.08 bits per heavy atom. The first kappa shape index (κ1) is 19.8. The standard InChI is InChI=1S/C18H28ClN3O3/c1-14(2)17(22-7-10-24-11-8-22)13-21-18(23)20-6-9-25-16-5-3-4-15(19)12-16/h3-5,12,14,17H,6-11,13H2,1-2H3,(H2,20,21,23). The zero-order valence-corrected chi connectivity index (χ0v) is 15.7. The molecular weight excluding hydrogens is 342 g/mol. The Balaban J connectivity index is 1.65. The van der Waals surface area contributed by atoms with Crippen molar-refractivity contribution in [3.05, 3.63) is 29.3 Å². The third-order valence-corrected chi connectivity index (χ3v) is 4.44. The quantitative estimate of drug-likeness (QED) is 0.690. The summed E-state index contributed by atoms with van der Waals surface area (Å²) in [4.78, 5) is 14.4. The van der Waals surface area contributed by atoms with Crippen LogP contribution in [0.2, 0.25) is 5.02 Å². The molecule has 0 radical (unpaired) electrons. The Morgan fingerprint density at radius 1 is 1.32 bits per heavy atom. The summed E-state index contributed by atoms with van der Waals surface area (Å²) in [5.41, 5.74) is 0. The number of hydrogen-bond acceptors (Lipinski definition) is 4. The van der Waals surface area contributed by atoms with E-state index < -0.39 is 0 Å². The SMILES string of the molecule is CC(C)C(CNC(=O)NCCOc1cccc(Cl)c1)N1CCOCC1. The summed E-state index contributed by atoms with van der Waals surface area (Å²) in [6.45, 7) is 9.16. The van der Waals surface area contributed by atoms with Crippen molar-refractivity contribution in [1.29, 1.82) is 0 Å². The lowest BCUT2D eigenvalue weighted by atomic mass is 10.0. The fourth-order valence-corrected chi connectivity index (χ4v) is 3.03. The second-order valence-electron chi connectivity index (χ2n) is 6.40. The van der Waals surface area contributed by atoms with E-state index in [1.807, 2.05) is 12.1 Å². The average molecular weight is 370 g/mol. The van der Waals surface area contributed by atoms with Crippen LogP contribution in [0.5, 0.6) is 5.75 Å². The molecule has 1 aromatic rings. The molecule has 1 aliphatic heterocycles. The summed E-state index contributed by atoms with van der Waals surface area (Å²) in [5.74, 6) is 1.16. The summed E-state index contributed by atoms with van der Waals surface area (Å²) in [5, 5.41) is 6.40. The number of nitrogens with one attached hydrogen (secondary N) is 2. The van der Waals surface area contributed by atoms with Crippen LogP contribution in [0, 0.1) is 5.92 Å². The molecule has 1 heterocycles. The van der Waals surface area contributed by atoms with E-state index in [-0.39, 0.29) is 6.03 Å². The van der Waals surface area contributed by atoms with Gasteiger partial charge in [-0.15, -0.1) is 0 Å². The predicted molar refractivity (Wildman–Crippen MR) is 99.4 cm³/mol. The number of carbonyl (C=O) groups excluding carboxylic acids is 1. The van der Waals surface area contributed by atoms with Crippen LogP contribution in [0.25, 0.3) is 0 Å². The molecule has 1 fully saturated rings. The fourth-order valence-electron chi connectivity index (χ4n) is 2.85. The van der Waals surface area contributed by atoms with Crippen LogP contribution < -0.4 is 15.4 Å². The topological polar surface area (TPSA) is 62.8 Å². The number of carbonyl (C=O) groups is 1. The number of morpholine rings is 1. The van der Waals surface area contributed by atoms with Gasteiger partial charge in [-0.05, 0) is 24.1 Å². The summed E-state index contributed by atoms with van der Waals surface area (Å²) in [6, 6.07) is 7.35. The molecule has 140 valence electrons. The van der Waals surface area contributed by atoms with Crippen molar-refractivity contribution in [1.82, 2.24) is 15.5 Å². The van der Waals surface area contributed by atoms with Crippen molar-refractivity contribution < 1.29 is 14.3 Å². The third kappa shape index (κ3) is 7.10. The number of nitrogens with zero attached hydrogens (tertiary/aromatic N) is 1.